The van der Waals surface area contributed by atoms with Crippen LogP contribution >= 0.6 is 0 Å². The van der Waals surface area contributed by atoms with E-state index >= 15 is 4.39 Å². The molecule has 1 N–H and O–H groups in total. The quantitative estimate of drug-likeness (QED) is 0.279. The van der Waals surface area contributed by atoms with E-state index in [2.05, 4.69) is 19.8 Å². The average molecular weight is 632 g/mol. The number of halogens is 3. The van der Waals surface area contributed by atoms with E-state index < -0.39 is 23.3 Å². The van der Waals surface area contributed by atoms with Crippen molar-refractivity contribution >= 4 is 27.5 Å². The second kappa shape index (κ2) is 9.90. The molecule has 240 valence electrons. The van der Waals surface area contributed by atoms with Crippen LogP contribution in [0.1, 0.15) is 44.6 Å². The number of nitrogens with zero attached hydrogens (tertiary/aromatic N) is 5. The van der Waals surface area contributed by atoms with Crippen LogP contribution in [0.25, 0.3) is 32.9 Å². The predicted molar refractivity (Wildman–Crippen MR) is 167 cm³/mol. The van der Waals surface area contributed by atoms with E-state index in [1.165, 1.54) is 12.1 Å². The molecule has 4 aliphatic heterocycles. The van der Waals surface area contributed by atoms with Crippen LogP contribution in [0.3, 0.4) is 0 Å². The van der Waals surface area contributed by atoms with E-state index in [0.717, 1.165) is 58.5 Å². The summed E-state index contributed by atoms with van der Waals surface area (Å²) in [5, 5.41) is 12.1. The van der Waals surface area contributed by atoms with Crippen molar-refractivity contribution in [3.05, 3.63) is 47.7 Å². The SMILES string of the molecule is CCc1c(F)ccc2cc(O)cc(-c3ncc4c(N5CC6(CCC67COC7)C5)nc(OC[C@@]56CCCN5C[C@H](F)C6)nc4c3F)c12. The van der Waals surface area contributed by atoms with Crippen molar-refractivity contribution < 1.29 is 27.8 Å². The maximum Gasteiger partial charge on any atom is 0.319 e. The second-order valence-electron chi connectivity index (χ2n) is 14.3. The summed E-state index contributed by atoms with van der Waals surface area (Å²) in [7, 11) is 0. The smallest absolute Gasteiger partial charge is 0.319 e. The van der Waals surface area contributed by atoms with Crippen molar-refractivity contribution in [2.75, 3.05) is 50.9 Å². The Kier molecular flexibility index (Phi) is 6.14. The molecule has 9 rings (SSSR count). The van der Waals surface area contributed by atoms with Gasteiger partial charge in [0.15, 0.2) is 5.82 Å². The summed E-state index contributed by atoms with van der Waals surface area (Å²) < 4.78 is 58.2. The third kappa shape index (κ3) is 3.90. The Morgan fingerprint density at radius 3 is 2.65 bits per heavy atom. The van der Waals surface area contributed by atoms with Crippen molar-refractivity contribution in [3.8, 4) is 23.0 Å². The minimum Gasteiger partial charge on any atom is -0.508 e. The molecule has 0 amide bonds. The van der Waals surface area contributed by atoms with Gasteiger partial charge in [0.25, 0.3) is 0 Å². The molecule has 2 atom stereocenters. The molecule has 1 aliphatic carbocycles. The van der Waals surface area contributed by atoms with Crippen LogP contribution in [-0.4, -0.2) is 82.7 Å². The maximum atomic E-state index is 16.8. The van der Waals surface area contributed by atoms with Gasteiger partial charge >= 0.3 is 6.01 Å². The molecule has 0 radical (unpaired) electrons. The first-order valence-corrected chi connectivity index (χ1v) is 16.4. The zero-order valence-corrected chi connectivity index (χ0v) is 25.8. The lowest BCUT2D eigenvalue weighted by molar-refractivity contribution is -0.253. The molecule has 2 aromatic carbocycles. The van der Waals surface area contributed by atoms with Crippen LogP contribution < -0.4 is 9.64 Å². The first kappa shape index (κ1) is 28.5. The fourth-order valence-corrected chi connectivity index (χ4v) is 9.15. The molecule has 11 heteroatoms. The molecule has 6 heterocycles. The number of benzene rings is 2. The molecule has 4 saturated heterocycles. The van der Waals surface area contributed by atoms with Gasteiger partial charge in [-0.05, 0) is 73.2 Å². The van der Waals surface area contributed by atoms with Crippen LogP contribution in [0.2, 0.25) is 0 Å². The number of fused-ring (bicyclic) bond motifs is 4. The van der Waals surface area contributed by atoms with Gasteiger partial charge in [0, 0.05) is 48.6 Å². The van der Waals surface area contributed by atoms with E-state index in [0.29, 0.717) is 46.9 Å². The second-order valence-corrected chi connectivity index (χ2v) is 14.3. The fourth-order valence-electron chi connectivity index (χ4n) is 9.15. The van der Waals surface area contributed by atoms with E-state index in [-0.39, 0.29) is 46.0 Å². The molecular weight excluding hydrogens is 595 g/mol. The Bertz CT molecular complexity index is 1910. The number of anilines is 1. The van der Waals surface area contributed by atoms with E-state index in [1.54, 1.807) is 18.3 Å². The summed E-state index contributed by atoms with van der Waals surface area (Å²) in [5.74, 6) is -0.614. The Morgan fingerprint density at radius 2 is 1.91 bits per heavy atom. The highest BCUT2D eigenvalue weighted by atomic mass is 19.1. The van der Waals surface area contributed by atoms with Crippen LogP contribution in [0.5, 0.6) is 11.8 Å². The summed E-state index contributed by atoms with van der Waals surface area (Å²) in [6, 6.07) is 5.95. The number of rotatable bonds is 6. The van der Waals surface area contributed by atoms with Gasteiger partial charge in [0.05, 0.1) is 24.1 Å². The molecule has 5 fully saturated rings. The van der Waals surface area contributed by atoms with Gasteiger partial charge in [-0.1, -0.05) is 13.0 Å². The lowest BCUT2D eigenvalue weighted by Gasteiger charge is -2.70. The largest absolute Gasteiger partial charge is 0.508 e. The fraction of sp³-hybridized carbons (Fsp3) is 0.514. The Balaban J connectivity index is 1.16. The van der Waals surface area contributed by atoms with Crippen LogP contribution in [0.4, 0.5) is 19.0 Å². The highest BCUT2D eigenvalue weighted by Crippen LogP contribution is 2.65. The predicted octanol–water partition coefficient (Wildman–Crippen LogP) is 5.96. The summed E-state index contributed by atoms with van der Waals surface area (Å²) >= 11 is 0. The summed E-state index contributed by atoms with van der Waals surface area (Å²) in [6.07, 6.45) is 5.53. The van der Waals surface area contributed by atoms with Gasteiger partial charge in [-0.3, -0.25) is 9.88 Å². The van der Waals surface area contributed by atoms with Crippen LogP contribution in [0.15, 0.2) is 30.5 Å². The van der Waals surface area contributed by atoms with Crippen molar-refractivity contribution in [1.82, 2.24) is 19.9 Å². The van der Waals surface area contributed by atoms with E-state index in [4.69, 9.17) is 14.5 Å². The van der Waals surface area contributed by atoms with Gasteiger partial charge in [-0.2, -0.15) is 9.97 Å². The number of aryl methyl sites for hydroxylation is 1. The molecule has 8 nitrogen and oxygen atoms in total. The summed E-state index contributed by atoms with van der Waals surface area (Å²) in [4.78, 5) is 18.3. The van der Waals surface area contributed by atoms with Gasteiger partial charge in [0.1, 0.15) is 41.4 Å². The number of ether oxygens (including phenoxy) is 2. The normalized spacial score (nSPS) is 26.0. The molecule has 0 bridgehead atoms. The topological polar surface area (TPSA) is 83.8 Å². The highest BCUT2D eigenvalue weighted by molar-refractivity contribution is 6.01. The number of pyridine rings is 1. The molecule has 2 spiro atoms. The molecule has 0 unspecified atom stereocenters. The number of phenols is 1. The first-order chi connectivity index (χ1) is 22.2. The minimum absolute atomic E-state index is 0.0365. The number of hydrogen-bond donors (Lipinski definition) is 1. The lowest BCUT2D eigenvalue weighted by Crippen LogP contribution is -2.75. The lowest BCUT2D eigenvalue weighted by atomic mass is 9.45. The summed E-state index contributed by atoms with van der Waals surface area (Å²) in [6.45, 7) is 6.42. The maximum absolute atomic E-state index is 16.8. The van der Waals surface area contributed by atoms with Crippen molar-refractivity contribution in [3.63, 3.8) is 0 Å². The van der Waals surface area contributed by atoms with Gasteiger partial charge in [0.2, 0.25) is 0 Å². The Labute approximate surface area is 264 Å². The van der Waals surface area contributed by atoms with E-state index in [9.17, 15) is 13.9 Å². The zero-order valence-electron chi connectivity index (χ0n) is 25.8. The first-order valence-electron chi connectivity index (χ1n) is 16.4. The third-order valence-corrected chi connectivity index (χ3v) is 11.9. The average Bonchev–Trinajstić information content (AvgIpc) is 3.50. The van der Waals surface area contributed by atoms with Gasteiger partial charge in [-0.25, -0.2) is 13.2 Å². The molecular formula is C35H36F3N5O3. The monoisotopic (exact) mass is 631 g/mol. The number of aromatic nitrogens is 3. The third-order valence-electron chi connectivity index (χ3n) is 11.9. The molecule has 5 aliphatic rings. The van der Waals surface area contributed by atoms with Crippen LogP contribution in [0, 0.1) is 22.5 Å². The van der Waals surface area contributed by atoms with Crippen LogP contribution in [-0.2, 0) is 11.2 Å². The van der Waals surface area contributed by atoms with Gasteiger partial charge in [-0.15, -0.1) is 0 Å². The highest BCUT2D eigenvalue weighted by Gasteiger charge is 2.67. The Morgan fingerprint density at radius 1 is 1.09 bits per heavy atom. The minimum atomic E-state index is -0.902. The molecule has 46 heavy (non-hydrogen) atoms. The van der Waals surface area contributed by atoms with Crippen molar-refractivity contribution in [1.29, 1.82) is 0 Å². The van der Waals surface area contributed by atoms with E-state index in [1.807, 2.05) is 6.92 Å². The number of aromatic hydroxyl groups is 1. The Hall–Kier alpha value is -3.70. The van der Waals surface area contributed by atoms with Crippen molar-refractivity contribution in [2.45, 2.75) is 57.2 Å². The number of phenolic OH excluding ortho intramolecular Hbond substituents is 1. The van der Waals surface area contributed by atoms with Crippen molar-refractivity contribution in [2.24, 2.45) is 10.8 Å². The van der Waals surface area contributed by atoms with Gasteiger partial charge < -0.3 is 19.5 Å². The molecule has 4 aromatic rings. The number of alkyl halides is 1. The summed E-state index contributed by atoms with van der Waals surface area (Å²) in [5.41, 5.74) is 0.696. The molecule has 2 aromatic heterocycles. The molecule has 1 saturated carbocycles. The standard InChI is InChI=1S/C35H36F3N5O3/c1-2-23-26(37)5-4-20-10-22(44)11-24(27(20)23)29-28(38)30-25(13-39-29)31(42-15-33(16-42)7-8-34(33)17-45-18-34)41-32(40-30)46-19-35-6-3-9-43(35)14-21(36)12-35/h4-5,10-11,13,21,44H,2-3,6-9,12,14-19H2,1H3/t21-,35+/m1/s1. The number of hydrogen-bond acceptors (Lipinski definition) is 8. The zero-order chi connectivity index (χ0) is 31.4.